The van der Waals surface area contributed by atoms with Gasteiger partial charge >= 0.3 is 17.9 Å². The van der Waals surface area contributed by atoms with Gasteiger partial charge in [-0.25, -0.2) is 9.18 Å². The summed E-state index contributed by atoms with van der Waals surface area (Å²) in [6.07, 6.45) is -0.778. The summed E-state index contributed by atoms with van der Waals surface area (Å²) in [6.45, 7) is 3.13. The molecule has 0 fully saturated rings. The topological polar surface area (TPSA) is 119 Å². The zero-order chi connectivity index (χ0) is 20.4. The van der Waals surface area contributed by atoms with Crippen molar-refractivity contribution in [2.75, 3.05) is 13.2 Å². The molecule has 0 saturated carbocycles. The number of carboxylic acid groups (broad SMARTS) is 1. The quantitative estimate of drug-likeness (QED) is 0.580. The van der Waals surface area contributed by atoms with Crippen LogP contribution >= 0.6 is 0 Å². The SMILES string of the molecule is CCOC(=O)C[C@H](C(=O)OCC)[C@H](NC(=O)Cc1ccc(F)cc1)C(=O)O. The van der Waals surface area contributed by atoms with Crippen LogP contribution in [0.15, 0.2) is 24.3 Å². The van der Waals surface area contributed by atoms with Crippen LogP contribution in [0.4, 0.5) is 4.39 Å². The molecule has 2 atom stereocenters. The van der Waals surface area contributed by atoms with Crippen LogP contribution in [0.5, 0.6) is 0 Å². The second kappa shape index (κ2) is 10.9. The van der Waals surface area contributed by atoms with Crippen LogP contribution in [-0.2, 0) is 35.1 Å². The van der Waals surface area contributed by atoms with E-state index in [1.165, 1.54) is 31.2 Å². The van der Waals surface area contributed by atoms with Crippen molar-refractivity contribution in [1.29, 1.82) is 0 Å². The second-order valence-electron chi connectivity index (χ2n) is 5.55. The number of carbonyl (C=O) groups excluding carboxylic acids is 3. The van der Waals surface area contributed by atoms with E-state index in [-0.39, 0.29) is 19.6 Å². The van der Waals surface area contributed by atoms with Gasteiger partial charge in [0.15, 0.2) is 0 Å². The van der Waals surface area contributed by atoms with Gasteiger partial charge in [-0.1, -0.05) is 12.1 Å². The maximum atomic E-state index is 12.9. The number of carbonyl (C=O) groups is 4. The van der Waals surface area contributed by atoms with Gasteiger partial charge in [0.2, 0.25) is 5.91 Å². The minimum Gasteiger partial charge on any atom is -0.480 e. The van der Waals surface area contributed by atoms with Crippen LogP contribution in [0.2, 0.25) is 0 Å². The highest BCUT2D eigenvalue weighted by Crippen LogP contribution is 2.15. The molecule has 1 amide bonds. The summed E-state index contributed by atoms with van der Waals surface area (Å²) < 4.78 is 22.5. The Labute approximate surface area is 155 Å². The molecule has 1 aromatic rings. The minimum absolute atomic E-state index is 0.0198. The van der Waals surface area contributed by atoms with Crippen molar-refractivity contribution >= 4 is 23.8 Å². The van der Waals surface area contributed by atoms with Crippen molar-refractivity contribution in [2.45, 2.75) is 32.7 Å². The predicted molar refractivity (Wildman–Crippen MR) is 91.0 cm³/mol. The fourth-order valence-electron chi connectivity index (χ4n) is 2.33. The van der Waals surface area contributed by atoms with E-state index in [1.54, 1.807) is 6.92 Å². The molecule has 0 unspecified atom stereocenters. The average molecular weight is 383 g/mol. The average Bonchev–Trinajstić information content (AvgIpc) is 2.60. The van der Waals surface area contributed by atoms with Gasteiger partial charge in [0.05, 0.1) is 32.0 Å². The van der Waals surface area contributed by atoms with E-state index in [0.717, 1.165) is 0 Å². The molecule has 0 spiro atoms. The highest BCUT2D eigenvalue weighted by Gasteiger charge is 2.38. The number of hydrogen-bond acceptors (Lipinski definition) is 6. The summed E-state index contributed by atoms with van der Waals surface area (Å²) in [4.78, 5) is 47.6. The molecule has 8 nitrogen and oxygen atoms in total. The van der Waals surface area contributed by atoms with E-state index >= 15 is 0 Å². The Balaban J connectivity index is 2.92. The molecule has 27 heavy (non-hydrogen) atoms. The van der Waals surface area contributed by atoms with Crippen molar-refractivity contribution in [2.24, 2.45) is 5.92 Å². The summed E-state index contributed by atoms with van der Waals surface area (Å²) in [5.41, 5.74) is 0.455. The third-order valence-corrected chi connectivity index (χ3v) is 3.54. The Morgan fingerprint density at radius 2 is 1.67 bits per heavy atom. The first-order chi connectivity index (χ1) is 12.8. The van der Waals surface area contributed by atoms with Gasteiger partial charge in [-0.3, -0.25) is 14.4 Å². The van der Waals surface area contributed by atoms with E-state index in [2.05, 4.69) is 5.32 Å². The van der Waals surface area contributed by atoms with Gasteiger partial charge in [0.25, 0.3) is 0 Å². The lowest BCUT2D eigenvalue weighted by Crippen LogP contribution is -2.50. The third kappa shape index (κ3) is 7.43. The standard InChI is InChI=1S/C18H22FNO7/c1-3-26-15(22)10-13(18(25)27-4-2)16(17(23)24)20-14(21)9-11-5-7-12(19)8-6-11/h5-8,13,16H,3-4,9-10H2,1-2H3,(H,20,21)(H,23,24)/t13-,16-/m0/s1. The fourth-order valence-corrected chi connectivity index (χ4v) is 2.33. The van der Waals surface area contributed by atoms with Gasteiger partial charge in [-0.05, 0) is 31.5 Å². The number of aliphatic carboxylic acids is 1. The number of amides is 1. The molecule has 1 aromatic carbocycles. The largest absolute Gasteiger partial charge is 0.480 e. The molecule has 0 aliphatic carbocycles. The van der Waals surface area contributed by atoms with Crippen molar-refractivity contribution < 1.29 is 38.1 Å². The molecule has 0 aliphatic rings. The number of halogens is 1. The van der Waals surface area contributed by atoms with Gasteiger partial charge in [-0.15, -0.1) is 0 Å². The second-order valence-corrected chi connectivity index (χ2v) is 5.55. The van der Waals surface area contributed by atoms with Crippen molar-refractivity contribution in [3.05, 3.63) is 35.6 Å². The summed E-state index contributed by atoms with van der Waals surface area (Å²) in [7, 11) is 0. The number of benzene rings is 1. The first-order valence-corrected chi connectivity index (χ1v) is 8.37. The Hall–Kier alpha value is -2.97. The summed E-state index contributed by atoms with van der Waals surface area (Å²) in [6, 6.07) is 3.42. The van der Waals surface area contributed by atoms with E-state index in [4.69, 9.17) is 9.47 Å². The summed E-state index contributed by atoms with van der Waals surface area (Å²) in [5, 5.41) is 11.7. The number of hydrogen-bond donors (Lipinski definition) is 2. The van der Waals surface area contributed by atoms with Gasteiger partial charge in [0, 0.05) is 0 Å². The Kier molecular flexibility index (Phi) is 8.91. The Morgan fingerprint density at radius 3 is 2.19 bits per heavy atom. The van der Waals surface area contributed by atoms with E-state index in [1.807, 2.05) is 0 Å². The first kappa shape index (κ1) is 22.1. The number of esters is 2. The molecule has 148 valence electrons. The van der Waals surface area contributed by atoms with Crippen molar-refractivity contribution in [1.82, 2.24) is 5.32 Å². The lowest BCUT2D eigenvalue weighted by molar-refractivity contribution is -0.160. The summed E-state index contributed by atoms with van der Waals surface area (Å²) in [5.74, 6) is -5.83. The molecular weight excluding hydrogens is 361 g/mol. The van der Waals surface area contributed by atoms with E-state index < -0.39 is 48.0 Å². The number of rotatable bonds is 10. The molecule has 0 radical (unpaired) electrons. The van der Waals surface area contributed by atoms with Gasteiger partial charge in [-0.2, -0.15) is 0 Å². The molecule has 0 heterocycles. The monoisotopic (exact) mass is 383 g/mol. The van der Waals surface area contributed by atoms with Crippen LogP contribution in [0.25, 0.3) is 0 Å². The van der Waals surface area contributed by atoms with Crippen LogP contribution in [0.1, 0.15) is 25.8 Å². The van der Waals surface area contributed by atoms with Gasteiger partial charge in [0.1, 0.15) is 11.9 Å². The highest BCUT2D eigenvalue weighted by molar-refractivity contribution is 5.91. The normalized spacial score (nSPS) is 12.6. The third-order valence-electron chi connectivity index (χ3n) is 3.54. The number of ether oxygens (including phenoxy) is 2. The molecule has 9 heteroatoms. The molecular formula is C18H22FNO7. The predicted octanol–water partition coefficient (Wildman–Crippen LogP) is 1.07. The van der Waals surface area contributed by atoms with Crippen LogP contribution in [0, 0.1) is 11.7 Å². The zero-order valence-electron chi connectivity index (χ0n) is 15.1. The molecule has 0 aromatic heterocycles. The van der Waals surface area contributed by atoms with Crippen molar-refractivity contribution in [3.8, 4) is 0 Å². The zero-order valence-corrected chi connectivity index (χ0v) is 15.1. The van der Waals surface area contributed by atoms with Crippen molar-refractivity contribution in [3.63, 3.8) is 0 Å². The van der Waals surface area contributed by atoms with E-state index in [0.29, 0.717) is 5.56 Å². The first-order valence-electron chi connectivity index (χ1n) is 8.37. The molecule has 2 N–H and O–H groups in total. The maximum absolute atomic E-state index is 12.9. The molecule has 0 bridgehead atoms. The number of carboxylic acids is 1. The molecule has 0 aliphatic heterocycles. The Morgan fingerprint density at radius 1 is 1.07 bits per heavy atom. The smallest absolute Gasteiger partial charge is 0.327 e. The maximum Gasteiger partial charge on any atom is 0.327 e. The van der Waals surface area contributed by atoms with Crippen LogP contribution < -0.4 is 5.32 Å². The summed E-state index contributed by atoms with van der Waals surface area (Å²) >= 11 is 0. The van der Waals surface area contributed by atoms with Crippen LogP contribution in [-0.4, -0.2) is 48.2 Å². The minimum atomic E-state index is -1.68. The highest BCUT2D eigenvalue weighted by atomic mass is 19.1. The van der Waals surface area contributed by atoms with E-state index in [9.17, 15) is 28.7 Å². The number of nitrogens with one attached hydrogen (secondary N) is 1. The Bertz CT molecular complexity index is 675. The molecule has 1 rings (SSSR count). The lowest BCUT2D eigenvalue weighted by Gasteiger charge is -2.22. The fraction of sp³-hybridized carbons (Fsp3) is 0.444. The lowest BCUT2D eigenvalue weighted by atomic mass is 9.95. The van der Waals surface area contributed by atoms with Crippen LogP contribution in [0.3, 0.4) is 0 Å². The molecule has 0 saturated heterocycles. The van der Waals surface area contributed by atoms with Gasteiger partial charge < -0.3 is 19.9 Å².